The third-order valence-corrected chi connectivity index (χ3v) is 3.53. The average Bonchev–Trinajstić information content (AvgIpc) is 3.00. The summed E-state index contributed by atoms with van der Waals surface area (Å²) in [6.45, 7) is 1.43. The van der Waals surface area contributed by atoms with Gasteiger partial charge in [0.25, 0.3) is 0 Å². The first-order chi connectivity index (χ1) is 9.69. The summed E-state index contributed by atoms with van der Waals surface area (Å²) in [6.07, 6.45) is 9.36. The number of hydrogen-bond donors (Lipinski definition) is 0. The molecule has 0 radical (unpaired) electrons. The summed E-state index contributed by atoms with van der Waals surface area (Å²) in [4.78, 5) is 15.5. The summed E-state index contributed by atoms with van der Waals surface area (Å²) < 4.78 is 7.39. The van der Waals surface area contributed by atoms with Crippen molar-refractivity contribution in [3.8, 4) is 12.3 Å². The average molecular weight is 266 g/mol. The van der Waals surface area contributed by atoms with Gasteiger partial charge in [-0.3, -0.25) is 4.79 Å². The lowest BCUT2D eigenvalue weighted by molar-refractivity contribution is -0.147. The minimum absolute atomic E-state index is 0.0651. The molecule has 0 aliphatic heterocycles. The molecule has 2 aromatic rings. The highest BCUT2D eigenvalue weighted by Crippen LogP contribution is 2.36. The minimum atomic E-state index is -0.273. The number of hydrogen-bond acceptors (Lipinski definition) is 3. The van der Waals surface area contributed by atoms with Crippen LogP contribution in [0, 0.1) is 12.3 Å². The van der Waals surface area contributed by atoms with Crippen molar-refractivity contribution in [1.82, 2.24) is 9.55 Å². The molecule has 4 nitrogen and oxygen atoms in total. The third-order valence-electron chi connectivity index (χ3n) is 3.53. The summed E-state index contributed by atoms with van der Waals surface area (Å²) in [6, 6.07) is 8.03. The molecule has 0 saturated heterocycles. The number of rotatable bonds is 2. The monoisotopic (exact) mass is 266 g/mol. The van der Waals surface area contributed by atoms with E-state index in [9.17, 15) is 4.79 Å². The van der Waals surface area contributed by atoms with Crippen molar-refractivity contribution in [2.75, 3.05) is 0 Å². The van der Waals surface area contributed by atoms with Crippen LogP contribution in [-0.2, 0) is 16.0 Å². The summed E-state index contributed by atoms with van der Waals surface area (Å²) in [7, 11) is 0. The van der Waals surface area contributed by atoms with Gasteiger partial charge in [-0.15, -0.1) is 6.42 Å². The number of carbonyl (C=O) groups excluding carboxylic acids is 1. The van der Waals surface area contributed by atoms with Crippen molar-refractivity contribution in [1.29, 1.82) is 0 Å². The summed E-state index contributed by atoms with van der Waals surface area (Å²) in [5, 5.41) is 0. The number of terminal acetylenes is 1. The molecule has 0 bridgehead atoms. The van der Waals surface area contributed by atoms with Crippen molar-refractivity contribution in [2.24, 2.45) is 0 Å². The van der Waals surface area contributed by atoms with Crippen LogP contribution in [0.25, 0.3) is 0 Å². The lowest BCUT2D eigenvalue weighted by Gasteiger charge is -2.21. The normalized spacial score (nSPS) is 20.2. The molecule has 1 aromatic heterocycles. The Bertz CT molecular complexity index is 696. The zero-order valence-electron chi connectivity index (χ0n) is 11.1. The molecule has 4 heteroatoms. The van der Waals surface area contributed by atoms with E-state index in [0.717, 1.165) is 5.56 Å². The van der Waals surface area contributed by atoms with Crippen LogP contribution in [0.15, 0.2) is 36.8 Å². The highest BCUT2D eigenvalue weighted by atomic mass is 16.5. The second-order valence-electron chi connectivity index (χ2n) is 4.85. The Hall–Kier alpha value is -2.54. The molecule has 1 aliphatic carbocycles. The zero-order chi connectivity index (χ0) is 14.1. The molecule has 0 saturated carbocycles. The predicted octanol–water partition coefficient (Wildman–Crippen LogP) is 1.94. The largest absolute Gasteiger partial charge is 0.460 e. The Balaban J connectivity index is 2.03. The second kappa shape index (κ2) is 4.86. The van der Waals surface area contributed by atoms with Gasteiger partial charge < -0.3 is 9.30 Å². The number of carbonyl (C=O) groups is 1. The molecule has 0 spiro atoms. The quantitative estimate of drug-likeness (QED) is 0.616. The maximum atomic E-state index is 11.3. The van der Waals surface area contributed by atoms with E-state index >= 15 is 0 Å². The van der Waals surface area contributed by atoms with Crippen LogP contribution in [0.1, 0.15) is 29.8 Å². The smallest absolute Gasteiger partial charge is 0.302 e. The lowest BCUT2D eigenvalue weighted by Crippen LogP contribution is -2.25. The van der Waals surface area contributed by atoms with Gasteiger partial charge in [0, 0.05) is 19.5 Å². The fraction of sp³-hybridized carbons (Fsp3) is 0.250. The van der Waals surface area contributed by atoms with E-state index < -0.39 is 0 Å². The van der Waals surface area contributed by atoms with Gasteiger partial charge >= 0.3 is 5.97 Å². The van der Waals surface area contributed by atoms with Crippen molar-refractivity contribution >= 4 is 5.97 Å². The highest BCUT2D eigenvalue weighted by molar-refractivity contribution is 5.66. The van der Waals surface area contributed by atoms with Gasteiger partial charge in [-0.25, -0.2) is 4.98 Å². The van der Waals surface area contributed by atoms with Gasteiger partial charge in [0.1, 0.15) is 11.8 Å². The summed E-state index contributed by atoms with van der Waals surface area (Å²) in [5.74, 6) is 2.24. The van der Waals surface area contributed by atoms with Crippen LogP contribution in [0.5, 0.6) is 0 Å². The second-order valence-corrected chi connectivity index (χ2v) is 4.85. The molecule has 0 unspecified atom stereocenters. The van der Waals surface area contributed by atoms with Crippen LogP contribution in [-0.4, -0.2) is 21.6 Å². The highest BCUT2D eigenvalue weighted by Gasteiger charge is 2.35. The van der Waals surface area contributed by atoms with Crippen molar-refractivity contribution in [2.45, 2.75) is 25.5 Å². The number of nitrogens with zero attached hydrogens (tertiary/aromatic N) is 2. The molecule has 20 heavy (non-hydrogen) atoms. The number of esters is 1. The van der Waals surface area contributed by atoms with Gasteiger partial charge in [0.15, 0.2) is 0 Å². The van der Waals surface area contributed by atoms with Gasteiger partial charge in [-0.2, -0.15) is 0 Å². The van der Waals surface area contributed by atoms with Crippen molar-refractivity contribution in [3.05, 3.63) is 53.6 Å². The minimum Gasteiger partial charge on any atom is -0.460 e. The molecule has 0 N–H and O–H groups in total. The lowest BCUT2D eigenvalue weighted by atomic mass is 10.1. The Morgan fingerprint density at radius 3 is 3.00 bits per heavy atom. The molecule has 0 amide bonds. The van der Waals surface area contributed by atoms with E-state index in [1.807, 2.05) is 22.9 Å². The SMILES string of the molecule is C#Cc1cn([C@H]2c3ccccc3C[C@H]2OC(C)=O)cn1. The van der Waals surface area contributed by atoms with E-state index in [4.69, 9.17) is 11.2 Å². The van der Waals surface area contributed by atoms with Crippen molar-refractivity contribution < 1.29 is 9.53 Å². The molecule has 2 atom stereocenters. The number of benzene rings is 1. The fourth-order valence-electron chi connectivity index (χ4n) is 2.77. The zero-order valence-corrected chi connectivity index (χ0v) is 11.1. The maximum Gasteiger partial charge on any atom is 0.302 e. The van der Waals surface area contributed by atoms with E-state index in [2.05, 4.69) is 23.0 Å². The number of aromatic nitrogens is 2. The number of ether oxygens (including phenoxy) is 1. The maximum absolute atomic E-state index is 11.3. The molecule has 1 heterocycles. The van der Waals surface area contributed by atoms with E-state index in [1.165, 1.54) is 12.5 Å². The molecular formula is C16H14N2O2. The topological polar surface area (TPSA) is 44.1 Å². The summed E-state index contributed by atoms with van der Waals surface area (Å²) >= 11 is 0. The predicted molar refractivity (Wildman–Crippen MR) is 74.0 cm³/mol. The van der Waals surface area contributed by atoms with Crippen LogP contribution >= 0.6 is 0 Å². The molecule has 1 aromatic carbocycles. The molecular weight excluding hydrogens is 252 g/mol. The molecule has 1 aliphatic rings. The first kappa shape index (κ1) is 12.5. The standard InChI is InChI=1S/C16H14N2O2/c1-3-13-9-18(10-17-13)16-14-7-5-4-6-12(14)8-15(16)20-11(2)19/h1,4-7,9-10,15-16H,8H2,2H3/t15-,16+/m1/s1. The van der Waals surface area contributed by atoms with E-state index in [1.54, 1.807) is 6.33 Å². The van der Waals surface area contributed by atoms with Crippen LogP contribution in [0.4, 0.5) is 0 Å². The van der Waals surface area contributed by atoms with Crippen LogP contribution in [0.3, 0.4) is 0 Å². The van der Waals surface area contributed by atoms with Gasteiger partial charge in [0.2, 0.25) is 0 Å². The molecule has 0 fully saturated rings. The van der Waals surface area contributed by atoms with Crippen LogP contribution in [0.2, 0.25) is 0 Å². The first-order valence-electron chi connectivity index (χ1n) is 6.44. The Kier molecular flexibility index (Phi) is 3.03. The Labute approximate surface area is 117 Å². The van der Waals surface area contributed by atoms with E-state index in [-0.39, 0.29) is 18.1 Å². The van der Waals surface area contributed by atoms with Gasteiger partial charge in [-0.05, 0) is 17.0 Å². The Morgan fingerprint density at radius 1 is 1.50 bits per heavy atom. The van der Waals surface area contributed by atoms with Gasteiger partial charge in [0.05, 0.1) is 12.4 Å². The Morgan fingerprint density at radius 2 is 2.30 bits per heavy atom. The summed E-state index contributed by atoms with van der Waals surface area (Å²) in [5.41, 5.74) is 2.93. The molecule has 100 valence electrons. The van der Waals surface area contributed by atoms with Crippen molar-refractivity contribution in [3.63, 3.8) is 0 Å². The third kappa shape index (κ3) is 2.08. The number of imidazole rings is 1. The van der Waals surface area contributed by atoms with Crippen LogP contribution < -0.4 is 0 Å². The first-order valence-corrected chi connectivity index (χ1v) is 6.44. The van der Waals surface area contributed by atoms with Gasteiger partial charge in [-0.1, -0.05) is 24.3 Å². The fourth-order valence-corrected chi connectivity index (χ4v) is 2.77. The number of fused-ring (bicyclic) bond motifs is 1. The van der Waals surface area contributed by atoms with E-state index in [0.29, 0.717) is 12.1 Å². The molecule has 3 rings (SSSR count).